The highest BCUT2D eigenvalue weighted by molar-refractivity contribution is 7.89. The molecule has 0 radical (unpaired) electrons. The van der Waals surface area contributed by atoms with Gasteiger partial charge in [-0.25, -0.2) is 13.1 Å². The Morgan fingerprint density at radius 3 is 2.56 bits per heavy atom. The standard InChI is InChI=1S/C20H20N2O4S/c1-14-10-11-16(12-19(14)27(24,25)21-2)22-20(23)13-26-18-9-5-7-15-6-3-4-8-17(15)18/h3-12,21H,13H2,1-2H3,(H,22,23). The molecule has 0 bridgehead atoms. The van der Waals surface area contributed by atoms with E-state index in [2.05, 4.69) is 10.0 Å². The van der Waals surface area contributed by atoms with Crippen LogP contribution in [0.4, 0.5) is 5.69 Å². The summed E-state index contributed by atoms with van der Waals surface area (Å²) in [4.78, 5) is 12.4. The second-order valence-corrected chi connectivity index (χ2v) is 7.86. The lowest BCUT2D eigenvalue weighted by molar-refractivity contribution is -0.118. The third-order valence-corrected chi connectivity index (χ3v) is 5.69. The van der Waals surface area contributed by atoms with Crippen LogP contribution in [0.1, 0.15) is 5.56 Å². The van der Waals surface area contributed by atoms with Crippen LogP contribution in [0.15, 0.2) is 65.6 Å². The van der Waals surface area contributed by atoms with Crippen molar-refractivity contribution in [3.8, 4) is 5.75 Å². The number of nitrogens with one attached hydrogen (secondary N) is 2. The van der Waals surface area contributed by atoms with Crippen LogP contribution in [0, 0.1) is 6.92 Å². The van der Waals surface area contributed by atoms with Gasteiger partial charge in [0.1, 0.15) is 5.75 Å². The third-order valence-electron chi connectivity index (χ3n) is 4.14. The predicted octanol–water partition coefficient (Wildman–Crippen LogP) is 3.07. The Labute approximate surface area is 158 Å². The number of carbonyl (C=O) groups is 1. The van der Waals surface area contributed by atoms with Crippen molar-refractivity contribution in [2.24, 2.45) is 0 Å². The summed E-state index contributed by atoms with van der Waals surface area (Å²) in [6, 6.07) is 18.1. The Kier molecular flexibility index (Phi) is 5.43. The van der Waals surface area contributed by atoms with E-state index < -0.39 is 10.0 Å². The first-order valence-corrected chi connectivity index (χ1v) is 9.83. The molecule has 0 aliphatic rings. The third kappa shape index (κ3) is 4.27. The number of ether oxygens (including phenoxy) is 1. The molecule has 0 saturated carbocycles. The number of sulfonamides is 1. The van der Waals surface area contributed by atoms with Gasteiger partial charge in [0, 0.05) is 11.1 Å². The molecule has 0 spiro atoms. The lowest BCUT2D eigenvalue weighted by Crippen LogP contribution is -2.22. The average Bonchev–Trinajstić information content (AvgIpc) is 2.67. The second-order valence-electron chi connectivity index (χ2n) is 6.00. The molecule has 0 atom stereocenters. The number of rotatable bonds is 6. The molecule has 2 N–H and O–H groups in total. The van der Waals surface area contributed by atoms with Crippen LogP contribution < -0.4 is 14.8 Å². The van der Waals surface area contributed by atoms with E-state index in [0.29, 0.717) is 17.0 Å². The van der Waals surface area contributed by atoms with Gasteiger partial charge in [-0.05, 0) is 43.1 Å². The molecule has 3 rings (SSSR count). The fourth-order valence-corrected chi connectivity index (χ4v) is 3.73. The molecule has 140 valence electrons. The zero-order chi connectivity index (χ0) is 19.4. The summed E-state index contributed by atoms with van der Waals surface area (Å²) < 4.78 is 32.0. The van der Waals surface area contributed by atoms with Gasteiger partial charge in [0.25, 0.3) is 5.91 Å². The summed E-state index contributed by atoms with van der Waals surface area (Å²) >= 11 is 0. The van der Waals surface area contributed by atoms with Gasteiger partial charge in [0.15, 0.2) is 6.61 Å². The monoisotopic (exact) mass is 384 g/mol. The molecule has 0 unspecified atom stereocenters. The maximum Gasteiger partial charge on any atom is 0.262 e. The number of hydrogen-bond acceptors (Lipinski definition) is 4. The van der Waals surface area contributed by atoms with Gasteiger partial charge in [-0.1, -0.05) is 42.5 Å². The highest BCUT2D eigenvalue weighted by Crippen LogP contribution is 2.25. The summed E-state index contributed by atoms with van der Waals surface area (Å²) in [6.07, 6.45) is 0. The summed E-state index contributed by atoms with van der Waals surface area (Å²) in [5, 5.41) is 4.61. The van der Waals surface area contributed by atoms with Crippen LogP contribution in [-0.2, 0) is 14.8 Å². The van der Waals surface area contributed by atoms with E-state index in [1.165, 1.54) is 13.1 Å². The van der Waals surface area contributed by atoms with E-state index in [9.17, 15) is 13.2 Å². The molecule has 6 nitrogen and oxygen atoms in total. The number of amides is 1. The minimum atomic E-state index is -3.60. The largest absolute Gasteiger partial charge is 0.483 e. The second kappa shape index (κ2) is 7.77. The average molecular weight is 384 g/mol. The van der Waals surface area contributed by atoms with E-state index >= 15 is 0 Å². The quantitative estimate of drug-likeness (QED) is 0.684. The Bertz CT molecular complexity index is 1090. The lowest BCUT2D eigenvalue weighted by Gasteiger charge is -2.12. The highest BCUT2D eigenvalue weighted by atomic mass is 32.2. The lowest BCUT2D eigenvalue weighted by atomic mass is 10.1. The fraction of sp³-hybridized carbons (Fsp3) is 0.150. The molecular weight excluding hydrogens is 364 g/mol. The molecule has 3 aromatic carbocycles. The van der Waals surface area contributed by atoms with Gasteiger partial charge in [-0.15, -0.1) is 0 Å². The van der Waals surface area contributed by atoms with Crippen molar-refractivity contribution in [3.05, 3.63) is 66.2 Å². The Balaban J connectivity index is 1.72. The van der Waals surface area contributed by atoms with Crippen LogP contribution in [-0.4, -0.2) is 28.0 Å². The smallest absolute Gasteiger partial charge is 0.262 e. The molecular formula is C20H20N2O4S. The molecule has 0 fully saturated rings. The first-order valence-electron chi connectivity index (χ1n) is 8.35. The number of benzene rings is 3. The first kappa shape index (κ1) is 18.9. The van der Waals surface area contributed by atoms with Gasteiger partial charge in [0.2, 0.25) is 10.0 Å². The molecule has 1 amide bonds. The Morgan fingerprint density at radius 1 is 1.04 bits per heavy atom. The highest BCUT2D eigenvalue weighted by Gasteiger charge is 2.16. The molecule has 3 aromatic rings. The zero-order valence-electron chi connectivity index (χ0n) is 15.0. The summed E-state index contributed by atoms with van der Waals surface area (Å²) in [7, 11) is -2.25. The van der Waals surface area contributed by atoms with Crippen LogP contribution in [0.2, 0.25) is 0 Å². The molecule has 27 heavy (non-hydrogen) atoms. The van der Waals surface area contributed by atoms with Crippen molar-refractivity contribution in [1.82, 2.24) is 4.72 Å². The Hall–Kier alpha value is -2.90. The molecule has 0 aromatic heterocycles. The zero-order valence-corrected chi connectivity index (χ0v) is 15.8. The van der Waals surface area contributed by atoms with Gasteiger partial charge in [-0.2, -0.15) is 0 Å². The van der Waals surface area contributed by atoms with Gasteiger partial charge >= 0.3 is 0 Å². The van der Waals surface area contributed by atoms with Crippen LogP contribution in [0.25, 0.3) is 10.8 Å². The van der Waals surface area contributed by atoms with Crippen LogP contribution >= 0.6 is 0 Å². The van der Waals surface area contributed by atoms with E-state index in [1.807, 2.05) is 36.4 Å². The molecule has 0 heterocycles. The number of anilines is 1. The molecule has 0 saturated heterocycles. The van der Waals surface area contributed by atoms with E-state index in [4.69, 9.17) is 4.74 Å². The van der Waals surface area contributed by atoms with Crippen molar-refractivity contribution in [2.45, 2.75) is 11.8 Å². The van der Waals surface area contributed by atoms with Crippen molar-refractivity contribution < 1.29 is 17.9 Å². The minimum Gasteiger partial charge on any atom is -0.483 e. The summed E-state index contributed by atoms with van der Waals surface area (Å²) in [5.41, 5.74) is 0.982. The van der Waals surface area contributed by atoms with E-state index in [0.717, 1.165) is 10.8 Å². The summed E-state index contributed by atoms with van der Waals surface area (Å²) in [5.74, 6) is 0.241. The van der Waals surface area contributed by atoms with Gasteiger partial charge in [-0.3, -0.25) is 4.79 Å². The number of hydrogen-bond donors (Lipinski definition) is 2. The number of carbonyl (C=O) groups excluding carboxylic acids is 1. The fourth-order valence-electron chi connectivity index (χ4n) is 2.74. The maximum absolute atomic E-state index is 12.2. The molecule has 7 heteroatoms. The van der Waals surface area contributed by atoms with Crippen molar-refractivity contribution >= 4 is 32.4 Å². The topological polar surface area (TPSA) is 84.5 Å². The van der Waals surface area contributed by atoms with Crippen LogP contribution in [0.3, 0.4) is 0 Å². The van der Waals surface area contributed by atoms with Gasteiger partial charge in [0.05, 0.1) is 4.90 Å². The van der Waals surface area contributed by atoms with Crippen molar-refractivity contribution in [2.75, 3.05) is 19.0 Å². The SMILES string of the molecule is CNS(=O)(=O)c1cc(NC(=O)COc2cccc3ccccc23)ccc1C. The number of aryl methyl sites for hydroxylation is 1. The maximum atomic E-state index is 12.2. The number of fused-ring (bicyclic) bond motifs is 1. The van der Waals surface area contributed by atoms with Crippen LogP contribution in [0.5, 0.6) is 5.75 Å². The van der Waals surface area contributed by atoms with Gasteiger partial charge < -0.3 is 10.1 Å². The van der Waals surface area contributed by atoms with E-state index in [-0.39, 0.29) is 17.4 Å². The molecule has 0 aliphatic heterocycles. The van der Waals surface area contributed by atoms with Crippen molar-refractivity contribution in [3.63, 3.8) is 0 Å². The predicted molar refractivity (Wildman–Crippen MR) is 105 cm³/mol. The summed E-state index contributed by atoms with van der Waals surface area (Å²) in [6.45, 7) is 1.51. The van der Waals surface area contributed by atoms with Crippen molar-refractivity contribution in [1.29, 1.82) is 0 Å². The Morgan fingerprint density at radius 2 is 1.78 bits per heavy atom. The normalized spacial score (nSPS) is 11.3. The minimum absolute atomic E-state index is 0.123. The molecule has 0 aliphatic carbocycles. The first-order chi connectivity index (χ1) is 12.9. The van der Waals surface area contributed by atoms with E-state index in [1.54, 1.807) is 25.1 Å².